The lowest BCUT2D eigenvalue weighted by Crippen LogP contribution is -2.01. The van der Waals surface area contributed by atoms with Gasteiger partial charge in [0.1, 0.15) is 5.75 Å². The second-order valence-electron chi connectivity index (χ2n) is 3.10. The Morgan fingerprint density at radius 3 is 2.93 bits per heavy atom. The lowest BCUT2D eigenvalue weighted by molar-refractivity contribution is 0.233. The van der Waals surface area contributed by atoms with Crippen LogP contribution in [-0.4, -0.2) is 18.3 Å². The summed E-state index contributed by atoms with van der Waals surface area (Å²) in [4.78, 5) is 0. The molecule has 0 aromatic heterocycles. The number of rotatable bonds is 5. The molecule has 0 amide bonds. The fourth-order valence-corrected chi connectivity index (χ4v) is 1.26. The summed E-state index contributed by atoms with van der Waals surface area (Å²) in [7, 11) is 0. The molecular weight excluding hydrogens is 176 g/mol. The highest BCUT2D eigenvalue weighted by Crippen LogP contribution is 2.21. The molecule has 0 saturated heterocycles. The van der Waals surface area contributed by atoms with Gasteiger partial charge in [0.2, 0.25) is 0 Å². The van der Waals surface area contributed by atoms with Crippen molar-refractivity contribution in [3.05, 3.63) is 35.9 Å². The Hall–Kier alpha value is -1.28. The van der Waals surface area contributed by atoms with Gasteiger partial charge in [0.15, 0.2) is 0 Å². The van der Waals surface area contributed by atoms with E-state index in [0.29, 0.717) is 13.0 Å². The van der Waals surface area contributed by atoms with E-state index in [4.69, 9.17) is 9.84 Å². The van der Waals surface area contributed by atoms with Crippen LogP contribution in [0.3, 0.4) is 0 Å². The highest BCUT2D eigenvalue weighted by atomic mass is 16.5. The molecule has 0 unspecified atom stereocenters. The van der Waals surface area contributed by atoms with E-state index in [2.05, 4.69) is 6.58 Å². The van der Waals surface area contributed by atoms with Crippen molar-refractivity contribution in [1.82, 2.24) is 0 Å². The first-order valence-corrected chi connectivity index (χ1v) is 4.75. The van der Waals surface area contributed by atoms with Gasteiger partial charge in [0.05, 0.1) is 6.61 Å². The normalized spacial score (nSPS) is 9.86. The smallest absolute Gasteiger partial charge is 0.122 e. The van der Waals surface area contributed by atoms with E-state index in [1.54, 1.807) is 0 Å². The predicted molar refractivity (Wildman–Crippen MR) is 58.5 cm³/mol. The van der Waals surface area contributed by atoms with Gasteiger partial charge in [-0.3, -0.25) is 0 Å². The standard InChI is InChI=1S/C12H16O2/c1-3-11-6-4-7-12(10(11)2)14-9-5-8-13/h3-4,6-7,13H,1,5,8-9H2,2H3. The first-order chi connectivity index (χ1) is 6.79. The summed E-state index contributed by atoms with van der Waals surface area (Å²) in [5.41, 5.74) is 2.19. The number of aliphatic hydroxyl groups is 1. The molecule has 0 saturated carbocycles. The van der Waals surface area contributed by atoms with Crippen molar-refractivity contribution in [1.29, 1.82) is 0 Å². The third kappa shape index (κ3) is 2.60. The summed E-state index contributed by atoms with van der Waals surface area (Å²) in [6, 6.07) is 5.87. The second-order valence-corrected chi connectivity index (χ2v) is 3.10. The molecule has 1 N–H and O–H groups in total. The molecule has 0 heterocycles. The van der Waals surface area contributed by atoms with Crippen LogP contribution in [0.5, 0.6) is 5.75 Å². The van der Waals surface area contributed by atoms with Crippen molar-refractivity contribution >= 4 is 6.08 Å². The van der Waals surface area contributed by atoms with Crippen LogP contribution in [0.1, 0.15) is 17.5 Å². The van der Waals surface area contributed by atoms with Crippen LogP contribution in [0, 0.1) is 6.92 Å². The van der Waals surface area contributed by atoms with Gasteiger partial charge in [-0.05, 0) is 24.1 Å². The molecule has 0 aliphatic rings. The van der Waals surface area contributed by atoms with Gasteiger partial charge < -0.3 is 9.84 Å². The topological polar surface area (TPSA) is 29.5 Å². The summed E-state index contributed by atoms with van der Waals surface area (Å²) in [6.45, 7) is 6.46. The zero-order chi connectivity index (χ0) is 10.4. The van der Waals surface area contributed by atoms with E-state index in [9.17, 15) is 0 Å². The summed E-state index contributed by atoms with van der Waals surface area (Å²) >= 11 is 0. The van der Waals surface area contributed by atoms with E-state index in [0.717, 1.165) is 16.9 Å². The van der Waals surface area contributed by atoms with Crippen molar-refractivity contribution in [2.24, 2.45) is 0 Å². The molecule has 0 spiro atoms. The molecule has 0 aliphatic heterocycles. The first-order valence-electron chi connectivity index (χ1n) is 4.75. The number of hydrogen-bond acceptors (Lipinski definition) is 2. The number of hydrogen-bond donors (Lipinski definition) is 1. The van der Waals surface area contributed by atoms with Gasteiger partial charge in [-0.1, -0.05) is 24.8 Å². The summed E-state index contributed by atoms with van der Waals surface area (Å²) in [6.07, 6.45) is 2.48. The Labute approximate surface area is 84.8 Å². The predicted octanol–water partition coefficient (Wildman–Crippen LogP) is 2.40. The fraction of sp³-hybridized carbons (Fsp3) is 0.333. The molecule has 0 bridgehead atoms. The Balaban J connectivity index is 2.71. The van der Waals surface area contributed by atoms with E-state index in [1.165, 1.54) is 0 Å². The molecule has 0 radical (unpaired) electrons. The van der Waals surface area contributed by atoms with Crippen LogP contribution in [0.2, 0.25) is 0 Å². The molecule has 1 rings (SSSR count). The average Bonchev–Trinajstić information content (AvgIpc) is 2.21. The number of benzene rings is 1. The van der Waals surface area contributed by atoms with Crippen molar-refractivity contribution in [3.63, 3.8) is 0 Å². The van der Waals surface area contributed by atoms with Gasteiger partial charge in [-0.15, -0.1) is 0 Å². The number of aliphatic hydroxyl groups excluding tert-OH is 1. The summed E-state index contributed by atoms with van der Waals surface area (Å²) < 4.78 is 5.51. The Bertz CT molecular complexity index is 305. The largest absolute Gasteiger partial charge is 0.493 e. The Morgan fingerprint density at radius 2 is 2.29 bits per heavy atom. The minimum absolute atomic E-state index is 0.167. The van der Waals surface area contributed by atoms with E-state index >= 15 is 0 Å². The molecule has 14 heavy (non-hydrogen) atoms. The van der Waals surface area contributed by atoms with Crippen LogP contribution in [0.4, 0.5) is 0 Å². The Kier molecular flexibility index (Phi) is 4.20. The molecule has 2 heteroatoms. The molecule has 0 atom stereocenters. The van der Waals surface area contributed by atoms with Crippen molar-refractivity contribution in [2.75, 3.05) is 13.2 Å². The summed E-state index contributed by atoms with van der Waals surface area (Å²) in [5.74, 6) is 0.871. The van der Waals surface area contributed by atoms with E-state index < -0.39 is 0 Å². The molecule has 0 aliphatic carbocycles. The second kappa shape index (κ2) is 5.45. The highest BCUT2D eigenvalue weighted by Gasteiger charge is 2.01. The van der Waals surface area contributed by atoms with Gasteiger partial charge in [-0.2, -0.15) is 0 Å². The lowest BCUT2D eigenvalue weighted by Gasteiger charge is -2.10. The highest BCUT2D eigenvalue weighted by molar-refractivity contribution is 5.55. The SMILES string of the molecule is C=Cc1cccc(OCCCO)c1C. The number of ether oxygens (including phenoxy) is 1. The maximum Gasteiger partial charge on any atom is 0.122 e. The maximum absolute atomic E-state index is 8.62. The van der Waals surface area contributed by atoms with Crippen LogP contribution in [0.15, 0.2) is 24.8 Å². The van der Waals surface area contributed by atoms with Crippen LogP contribution >= 0.6 is 0 Å². The van der Waals surface area contributed by atoms with Gasteiger partial charge in [0, 0.05) is 13.0 Å². The monoisotopic (exact) mass is 192 g/mol. The maximum atomic E-state index is 8.62. The lowest BCUT2D eigenvalue weighted by atomic mass is 10.1. The molecule has 1 aromatic rings. The molecule has 0 fully saturated rings. The van der Waals surface area contributed by atoms with Gasteiger partial charge in [0.25, 0.3) is 0 Å². The van der Waals surface area contributed by atoms with E-state index in [1.807, 2.05) is 31.2 Å². The first kappa shape index (κ1) is 10.8. The van der Waals surface area contributed by atoms with Crippen molar-refractivity contribution in [2.45, 2.75) is 13.3 Å². The van der Waals surface area contributed by atoms with Gasteiger partial charge in [-0.25, -0.2) is 0 Å². The van der Waals surface area contributed by atoms with Gasteiger partial charge >= 0.3 is 0 Å². The van der Waals surface area contributed by atoms with Crippen LogP contribution < -0.4 is 4.74 Å². The summed E-state index contributed by atoms with van der Waals surface area (Å²) in [5, 5.41) is 8.62. The molecule has 76 valence electrons. The van der Waals surface area contributed by atoms with Crippen molar-refractivity contribution in [3.8, 4) is 5.75 Å². The molecule has 1 aromatic carbocycles. The van der Waals surface area contributed by atoms with E-state index in [-0.39, 0.29) is 6.61 Å². The van der Waals surface area contributed by atoms with Crippen LogP contribution in [-0.2, 0) is 0 Å². The Morgan fingerprint density at radius 1 is 1.50 bits per heavy atom. The molecule has 2 nitrogen and oxygen atoms in total. The minimum atomic E-state index is 0.167. The zero-order valence-electron chi connectivity index (χ0n) is 8.49. The third-order valence-electron chi connectivity index (χ3n) is 2.11. The quantitative estimate of drug-likeness (QED) is 0.726. The minimum Gasteiger partial charge on any atom is -0.493 e. The zero-order valence-corrected chi connectivity index (χ0v) is 8.49. The van der Waals surface area contributed by atoms with Crippen LogP contribution in [0.25, 0.3) is 6.08 Å². The average molecular weight is 192 g/mol. The third-order valence-corrected chi connectivity index (χ3v) is 2.11. The fourth-order valence-electron chi connectivity index (χ4n) is 1.26. The van der Waals surface area contributed by atoms with Crippen molar-refractivity contribution < 1.29 is 9.84 Å². The molecular formula is C12H16O2.